The number of hydrogen-bond donors (Lipinski definition) is 2. The van der Waals surface area contributed by atoms with E-state index in [1.54, 1.807) is 6.07 Å². The summed E-state index contributed by atoms with van der Waals surface area (Å²) in [5, 5.41) is 6.08. The molecule has 4 heterocycles. The maximum Gasteiger partial charge on any atom is 0.419 e. The first kappa shape index (κ1) is 18.0. The number of anilines is 3. The molecule has 2 aliphatic rings. The molecule has 5 rings (SSSR count). The molecular formula is C19H16F4N6. The molecule has 29 heavy (non-hydrogen) atoms. The zero-order chi connectivity index (χ0) is 20.2. The molecule has 0 unspecified atom stereocenters. The van der Waals surface area contributed by atoms with Crippen LogP contribution in [0.25, 0.3) is 11.0 Å². The second kappa shape index (κ2) is 6.51. The second-order valence-corrected chi connectivity index (χ2v) is 7.20. The first-order valence-electron chi connectivity index (χ1n) is 9.14. The highest BCUT2D eigenvalue weighted by Gasteiger charge is 2.38. The Kier molecular flexibility index (Phi) is 4.05. The maximum absolute atomic E-state index is 14.4. The van der Waals surface area contributed by atoms with Crippen molar-refractivity contribution in [1.29, 1.82) is 0 Å². The van der Waals surface area contributed by atoms with E-state index in [-0.39, 0.29) is 11.5 Å². The lowest BCUT2D eigenvalue weighted by molar-refractivity contribution is -0.139. The van der Waals surface area contributed by atoms with Gasteiger partial charge >= 0.3 is 6.18 Å². The van der Waals surface area contributed by atoms with Gasteiger partial charge in [0.1, 0.15) is 17.7 Å². The van der Waals surface area contributed by atoms with E-state index in [0.717, 1.165) is 31.4 Å². The molecule has 0 saturated carbocycles. The van der Waals surface area contributed by atoms with Gasteiger partial charge in [0.05, 0.1) is 16.8 Å². The van der Waals surface area contributed by atoms with E-state index in [4.69, 9.17) is 0 Å². The van der Waals surface area contributed by atoms with Crippen molar-refractivity contribution >= 4 is 28.4 Å². The molecule has 2 fully saturated rings. The predicted molar refractivity (Wildman–Crippen MR) is 99.6 cm³/mol. The number of fused-ring (bicyclic) bond motifs is 3. The van der Waals surface area contributed by atoms with Crippen LogP contribution in [0, 0.1) is 5.82 Å². The van der Waals surface area contributed by atoms with Gasteiger partial charge in [0.25, 0.3) is 0 Å². The zero-order valence-electron chi connectivity index (χ0n) is 15.0. The van der Waals surface area contributed by atoms with Gasteiger partial charge < -0.3 is 15.5 Å². The highest BCUT2D eigenvalue weighted by Crippen LogP contribution is 2.35. The van der Waals surface area contributed by atoms with Crippen LogP contribution in [-0.4, -0.2) is 40.1 Å². The molecule has 0 spiro atoms. The van der Waals surface area contributed by atoms with E-state index in [1.165, 1.54) is 12.4 Å². The van der Waals surface area contributed by atoms with Crippen LogP contribution in [0.1, 0.15) is 12.0 Å². The highest BCUT2D eigenvalue weighted by molar-refractivity contribution is 5.88. The molecule has 3 aromatic rings. The summed E-state index contributed by atoms with van der Waals surface area (Å²) in [4.78, 5) is 15.1. The lowest BCUT2D eigenvalue weighted by Gasteiger charge is -2.28. The first-order chi connectivity index (χ1) is 13.9. The van der Waals surface area contributed by atoms with Gasteiger partial charge in [0.15, 0.2) is 11.6 Å². The molecule has 1 aromatic carbocycles. The summed E-state index contributed by atoms with van der Waals surface area (Å²) >= 11 is 0. The van der Waals surface area contributed by atoms with Gasteiger partial charge in [-0.25, -0.2) is 19.3 Å². The minimum atomic E-state index is -4.79. The molecule has 2 bridgehead atoms. The fraction of sp³-hybridized carbons (Fsp3) is 0.316. The summed E-state index contributed by atoms with van der Waals surface area (Å²) in [6.45, 7) is 1.72. The van der Waals surface area contributed by atoms with E-state index >= 15 is 0 Å². The average molecular weight is 404 g/mol. The van der Waals surface area contributed by atoms with Crippen molar-refractivity contribution in [2.45, 2.75) is 24.7 Å². The number of aromatic nitrogens is 3. The van der Waals surface area contributed by atoms with Gasteiger partial charge in [0.2, 0.25) is 0 Å². The van der Waals surface area contributed by atoms with Crippen LogP contribution in [0.3, 0.4) is 0 Å². The van der Waals surface area contributed by atoms with Crippen LogP contribution in [-0.2, 0) is 6.18 Å². The quantitative estimate of drug-likeness (QED) is 0.652. The molecular weight excluding hydrogens is 388 g/mol. The minimum absolute atomic E-state index is 0.151. The van der Waals surface area contributed by atoms with Gasteiger partial charge in [-0.05, 0) is 30.7 Å². The smallest absolute Gasteiger partial charge is 0.351 e. The number of halogens is 4. The van der Waals surface area contributed by atoms with Gasteiger partial charge in [-0.3, -0.25) is 0 Å². The summed E-state index contributed by atoms with van der Waals surface area (Å²) in [6, 6.07) is 7.51. The first-order valence-corrected chi connectivity index (χ1v) is 9.14. The standard InChI is InChI=1S/C19H16F4N6/c20-16-12(19(21,22)23)2-1-3-13(16)27-18-17-14(25-9-26-18)4-5-15(28-17)29-8-10-6-11(29)7-24-10/h1-5,9-11,24H,6-8H2,(H,25,26,27)/t10-,11-/m0/s1. The Morgan fingerprint density at radius 1 is 1.14 bits per heavy atom. The summed E-state index contributed by atoms with van der Waals surface area (Å²) in [5.74, 6) is -0.489. The van der Waals surface area contributed by atoms with Crippen LogP contribution in [0.15, 0.2) is 36.7 Å². The number of piperazine rings is 1. The van der Waals surface area contributed by atoms with Gasteiger partial charge in [0, 0.05) is 25.2 Å². The van der Waals surface area contributed by atoms with Crippen LogP contribution in [0.5, 0.6) is 0 Å². The fourth-order valence-electron chi connectivity index (χ4n) is 4.00. The summed E-state index contributed by atoms with van der Waals surface area (Å²) in [5.41, 5.74) is -0.773. The largest absolute Gasteiger partial charge is 0.419 e. The van der Waals surface area contributed by atoms with E-state index in [1.807, 2.05) is 6.07 Å². The molecule has 2 aromatic heterocycles. The molecule has 150 valence electrons. The third-order valence-electron chi connectivity index (χ3n) is 5.38. The number of nitrogens with one attached hydrogen (secondary N) is 2. The third-order valence-corrected chi connectivity index (χ3v) is 5.38. The molecule has 6 nitrogen and oxygen atoms in total. The van der Waals surface area contributed by atoms with Gasteiger partial charge in [-0.2, -0.15) is 13.2 Å². The van der Waals surface area contributed by atoms with E-state index in [2.05, 4.69) is 30.5 Å². The molecule has 2 N–H and O–H groups in total. The fourth-order valence-corrected chi connectivity index (χ4v) is 4.00. The molecule has 2 aliphatic heterocycles. The van der Waals surface area contributed by atoms with Gasteiger partial charge in [-0.15, -0.1) is 0 Å². The Hall–Kier alpha value is -3.01. The number of rotatable bonds is 3. The number of benzene rings is 1. The Balaban J connectivity index is 1.53. The van der Waals surface area contributed by atoms with Crippen molar-refractivity contribution in [3.63, 3.8) is 0 Å². The molecule has 0 amide bonds. The number of hydrogen-bond acceptors (Lipinski definition) is 6. The Labute approximate surface area is 163 Å². The second-order valence-electron chi connectivity index (χ2n) is 7.20. The molecule has 2 atom stereocenters. The number of pyridine rings is 1. The van der Waals surface area contributed by atoms with Crippen molar-refractivity contribution in [1.82, 2.24) is 20.3 Å². The lowest BCUT2D eigenvalue weighted by Crippen LogP contribution is -2.44. The Morgan fingerprint density at radius 3 is 2.72 bits per heavy atom. The van der Waals surface area contributed by atoms with Gasteiger partial charge in [-0.1, -0.05) is 6.07 Å². The van der Waals surface area contributed by atoms with Crippen molar-refractivity contribution < 1.29 is 17.6 Å². The van der Waals surface area contributed by atoms with Crippen LogP contribution < -0.4 is 15.5 Å². The number of nitrogens with zero attached hydrogens (tertiary/aromatic N) is 4. The van der Waals surface area contributed by atoms with Crippen LogP contribution in [0.2, 0.25) is 0 Å². The van der Waals surface area contributed by atoms with Crippen molar-refractivity contribution in [3.8, 4) is 0 Å². The normalized spacial score (nSPS) is 21.2. The maximum atomic E-state index is 14.4. The van der Waals surface area contributed by atoms with Crippen molar-refractivity contribution in [2.75, 3.05) is 23.3 Å². The monoisotopic (exact) mass is 404 g/mol. The Morgan fingerprint density at radius 2 is 2.00 bits per heavy atom. The highest BCUT2D eigenvalue weighted by atomic mass is 19.4. The van der Waals surface area contributed by atoms with Crippen molar-refractivity contribution in [2.24, 2.45) is 0 Å². The van der Waals surface area contributed by atoms with E-state index in [0.29, 0.717) is 29.2 Å². The van der Waals surface area contributed by atoms with E-state index in [9.17, 15) is 17.6 Å². The Bertz CT molecular complexity index is 1090. The summed E-state index contributed by atoms with van der Waals surface area (Å²) < 4.78 is 53.4. The predicted octanol–water partition coefficient (Wildman–Crippen LogP) is 3.48. The SMILES string of the molecule is Fc1c(Nc2ncnc3ccc(N4C[C@@H]5C[C@H]4CN5)nc23)cccc1C(F)(F)F. The van der Waals surface area contributed by atoms with Crippen molar-refractivity contribution in [3.05, 3.63) is 48.0 Å². The molecule has 0 aliphatic carbocycles. The third kappa shape index (κ3) is 3.13. The molecule has 10 heteroatoms. The van der Waals surface area contributed by atoms with Crippen LogP contribution >= 0.6 is 0 Å². The zero-order valence-corrected chi connectivity index (χ0v) is 15.0. The average Bonchev–Trinajstić information content (AvgIpc) is 3.32. The summed E-state index contributed by atoms with van der Waals surface area (Å²) in [6.07, 6.45) is -2.48. The topological polar surface area (TPSA) is 66.0 Å². The lowest BCUT2D eigenvalue weighted by atomic mass is 10.1. The van der Waals surface area contributed by atoms with Crippen LogP contribution in [0.4, 0.5) is 34.9 Å². The molecule has 2 saturated heterocycles. The van der Waals surface area contributed by atoms with E-state index < -0.39 is 17.6 Å². The minimum Gasteiger partial charge on any atom is -0.351 e. The summed E-state index contributed by atoms with van der Waals surface area (Å²) in [7, 11) is 0. The number of alkyl halides is 3. The molecule has 0 radical (unpaired) electrons.